The molecule has 31 heavy (non-hydrogen) atoms. The van der Waals surface area contributed by atoms with Crippen molar-refractivity contribution in [1.82, 2.24) is 10.2 Å². The summed E-state index contributed by atoms with van der Waals surface area (Å²) in [7, 11) is 1.65. The van der Waals surface area contributed by atoms with Gasteiger partial charge in [-0.05, 0) is 39.2 Å². The molecule has 0 fully saturated rings. The quantitative estimate of drug-likeness (QED) is 0.592. The molecule has 0 saturated heterocycles. The number of alkyl carbamates (subject to hydrolysis) is 1. The molecule has 2 atom stereocenters. The molecule has 0 spiro atoms. The lowest BCUT2D eigenvalue weighted by atomic mass is 10.0. The van der Waals surface area contributed by atoms with Gasteiger partial charge in [0.15, 0.2) is 6.10 Å². The number of carbonyl (C=O) groups is 2. The Morgan fingerprint density at radius 1 is 1.23 bits per heavy atom. The third-order valence-corrected chi connectivity index (χ3v) is 5.20. The van der Waals surface area contributed by atoms with Crippen LogP contribution in [0.4, 0.5) is 4.79 Å². The van der Waals surface area contributed by atoms with Crippen molar-refractivity contribution in [3.63, 3.8) is 0 Å². The van der Waals surface area contributed by atoms with Crippen molar-refractivity contribution in [3.8, 4) is 5.75 Å². The van der Waals surface area contributed by atoms with Gasteiger partial charge >= 0.3 is 6.09 Å². The molecule has 2 amide bonds. The Labute approximate surface area is 189 Å². The van der Waals surface area contributed by atoms with Crippen LogP contribution in [0.3, 0.4) is 0 Å². The fourth-order valence-corrected chi connectivity index (χ4v) is 3.57. The monoisotopic (exact) mass is 489 g/mol. The molecule has 3 rings (SSSR count). The predicted molar refractivity (Wildman–Crippen MR) is 119 cm³/mol. The van der Waals surface area contributed by atoms with Crippen LogP contribution in [0.25, 0.3) is 0 Å². The van der Waals surface area contributed by atoms with E-state index >= 15 is 0 Å². The van der Waals surface area contributed by atoms with Gasteiger partial charge in [0.05, 0.1) is 6.54 Å². The Balaban J connectivity index is 1.63. The molecule has 1 unspecified atom stereocenters. The number of carbonyl (C=O) groups excluding carboxylic acids is 2. The second-order valence-electron chi connectivity index (χ2n) is 7.25. The first kappa shape index (κ1) is 22.6. The summed E-state index contributed by atoms with van der Waals surface area (Å²) in [6.45, 7) is 0.425. The maximum atomic E-state index is 13.1. The Morgan fingerprint density at radius 2 is 1.94 bits per heavy atom. The van der Waals surface area contributed by atoms with Crippen LogP contribution in [-0.4, -0.2) is 52.4 Å². The molecule has 0 aromatic heterocycles. The highest BCUT2D eigenvalue weighted by Crippen LogP contribution is 2.16. The number of nitrogens with zero attached hydrogens (tertiary/aromatic N) is 2. The topological polar surface area (TPSA) is 100 Å². The number of rotatable bonds is 8. The van der Waals surface area contributed by atoms with E-state index in [2.05, 4.69) is 26.4 Å². The van der Waals surface area contributed by atoms with Crippen molar-refractivity contribution in [2.75, 3.05) is 13.6 Å². The van der Waals surface area contributed by atoms with Crippen LogP contribution in [0.15, 0.2) is 59.8 Å². The first-order chi connectivity index (χ1) is 14.9. The van der Waals surface area contributed by atoms with E-state index in [1.54, 1.807) is 19.2 Å². The number of phenols is 1. The predicted octanol–water partition coefficient (Wildman–Crippen LogP) is 3.19. The summed E-state index contributed by atoms with van der Waals surface area (Å²) in [6, 6.07) is 14.9. The summed E-state index contributed by atoms with van der Waals surface area (Å²) in [5, 5.41) is 16.0. The van der Waals surface area contributed by atoms with Crippen LogP contribution in [0.5, 0.6) is 5.75 Å². The lowest BCUT2D eigenvalue weighted by Crippen LogP contribution is -2.50. The van der Waals surface area contributed by atoms with E-state index in [1.807, 2.05) is 30.3 Å². The molecule has 0 radical (unpaired) electrons. The average molecular weight is 490 g/mol. The van der Waals surface area contributed by atoms with Crippen LogP contribution in [0.1, 0.15) is 17.5 Å². The molecule has 164 valence electrons. The zero-order chi connectivity index (χ0) is 22.2. The Kier molecular flexibility index (Phi) is 7.88. The third-order valence-electron chi connectivity index (χ3n) is 4.73. The summed E-state index contributed by atoms with van der Waals surface area (Å²) >= 11 is 3.28. The Bertz CT molecular complexity index is 921. The minimum absolute atomic E-state index is 0.101. The molecular formula is C22H24BrN3O5. The normalized spacial score (nSPS) is 16.1. The van der Waals surface area contributed by atoms with E-state index in [0.29, 0.717) is 17.6 Å². The van der Waals surface area contributed by atoms with E-state index in [4.69, 9.17) is 9.57 Å². The van der Waals surface area contributed by atoms with Crippen molar-refractivity contribution in [2.45, 2.75) is 31.6 Å². The van der Waals surface area contributed by atoms with E-state index in [-0.39, 0.29) is 30.8 Å². The summed E-state index contributed by atoms with van der Waals surface area (Å²) in [5.74, 6) is -0.153. The zero-order valence-corrected chi connectivity index (χ0v) is 18.6. The highest BCUT2D eigenvalue weighted by atomic mass is 79.9. The van der Waals surface area contributed by atoms with Crippen LogP contribution in [-0.2, 0) is 27.4 Å². The SMILES string of the molecule is CN(C[C@@H]1CC(Br)=NO1)C(=O)C(Cc1ccc(O)cc1)NC(=O)OCc1ccccc1. The van der Waals surface area contributed by atoms with E-state index < -0.39 is 12.1 Å². The van der Waals surface area contributed by atoms with Crippen LogP contribution in [0, 0.1) is 0 Å². The molecule has 2 aromatic carbocycles. The van der Waals surface area contributed by atoms with Crippen molar-refractivity contribution in [2.24, 2.45) is 5.16 Å². The van der Waals surface area contributed by atoms with Gasteiger partial charge in [-0.3, -0.25) is 4.79 Å². The lowest BCUT2D eigenvalue weighted by Gasteiger charge is -2.26. The number of halogens is 1. The maximum Gasteiger partial charge on any atom is 0.408 e. The summed E-state index contributed by atoms with van der Waals surface area (Å²) < 4.78 is 5.98. The summed E-state index contributed by atoms with van der Waals surface area (Å²) in [4.78, 5) is 32.3. The molecule has 9 heteroatoms. The fourth-order valence-electron chi connectivity index (χ4n) is 3.13. The minimum atomic E-state index is -0.844. The van der Waals surface area contributed by atoms with Gasteiger partial charge in [-0.15, -0.1) is 0 Å². The minimum Gasteiger partial charge on any atom is -0.508 e. The van der Waals surface area contributed by atoms with Gasteiger partial charge < -0.3 is 24.9 Å². The highest BCUT2D eigenvalue weighted by Gasteiger charge is 2.29. The van der Waals surface area contributed by atoms with Gasteiger partial charge in [0.2, 0.25) is 5.91 Å². The maximum absolute atomic E-state index is 13.1. The van der Waals surface area contributed by atoms with Crippen molar-refractivity contribution in [1.29, 1.82) is 0 Å². The third kappa shape index (κ3) is 6.99. The molecular weight excluding hydrogens is 466 g/mol. The Hall–Kier alpha value is -3.07. The van der Waals surface area contributed by atoms with Crippen molar-refractivity contribution >= 4 is 32.6 Å². The van der Waals surface area contributed by atoms with Gasteiger partial charge in [0.1, 0.15) is 23.0 Å². The lowest BCUT2D eigenvalue weighted by molar-refractivity contribution is -0.133. The van der Waals surface area contributed by atoms with Gasteiger partial charge in [-0.2, -0.15) is 0 Å². The van der Waals surface area contributed by atoms with Gasteiger partial charge in [0, 0.05) is 19.9 Å². The number of aromatic hydroxyl groups is 1. The highest BCUT2D eigenvalue weighted by molar-refractivity contribution is 9.18. The summed E-state index contributed by atoms with van der Waals surface area (Å²) in [6.07, 6.45) is -0.108. The molecule has 0 bridgehead atoms. The number of benzene rings is 2. The van der Waals surface area contributed by atoms with E-state index in [1.165, 1.54) is 17.0 Å². The van der Waals surface area contributed by atoms with Crippen molar-refractivity contribution < 1.29 is 24.3 Å². The van der Waals surface area contributed by atoms with Crippen LogP contribution >= 0.6 is 15.9 Å². The summed E-state index contributed by atoms with van der Waals surface area (Å²) in [5.41, 5.74) is 1.64. The molecule has 8 nitrogen and oxygen atoms in total. The Morgan fingerprint density at radius 3 is 2.58 bits per heavy atom. The first-order valence-electron chi connectivity index (χ1n) is 9.79. The number of ether oxygens (including phenoxy) is 1. The molecule has 1 heterocycles. The van der Waals surface area contributed by atoms with Crippen LogP contribution in [0.2, 0.25) is 0 Å². The van der Waals surface area contributed by atoms with Crippen molar-refractivity contribution in [3.05, 3.63) is 65.7 Å². The number of hydrogen-bond donors (Lipinski definition) is 2. The number of nitrogens with one attached hydrogen (secondary N) is 1. The second kappa shape index (κ2) is 10.8. The molecule has 2 aromatic rings. The molecule has 1 aliphatic heterocycles. The first-order valence-corrected chi connectivity index (χ1v) is 10.6. The second-order valence-corrected chi connectivity index (χ2v) is 8.16. The number of phenolic OH excluding ortho intramolecular Hbond substituents is 1. The van der Waals surface area contributed by atoms with Gasteiger partial charge in [0.25, 0.3) is 0 Å². The zero-order valence-electron chi connectivity index (χ0n) is 17.0. The smallest absolute Gasteiger partial charge is 0.408 e. The van der Waals surface area contributed by atoms with Gasteiger partial charge in [-0.25, -0.2) is 4.79 Å². The van der Waals surface area contributed by atoms with E-state index in [0.717, 1.165) is 11.1 Å². The average Bonchev–Trinajstić information content (AvgIpc) is 3.18. The molecule has 0 saturated carbocycles. The number of likely N-dealkylation sites (N-methyl/N-ethyl adjacent to an activating group) is 1. The number of hydrogen-bond acceptors (Lipinski definition) is 6. The van der Waals surface area contributed by atoms with Crippen LogP contribution < -0.4 is 5.32 Å². The molecule has 0 aliphatic carbocycles. The largest absolute Gasteiger partial charge is 0.508 e. The molecule has 1 aliphatic rings. The number of oxime groups is 1. The standard InChI is InChI=1S/C22H24BrN3O5/c1-26(13-18-12-20(23)25-31-18)21(28)19(11-15-7-9-17(27)10-8-15)24-22(29)30-14-16-5-3-2-4-6-16/h2-10,18-19,27H,11-14H2,1H3,(H,24,29)/t18-,19?/m0/s1. The number of amides is 2. The fraction of sp³-hybridized carbons (Fsp3) is 0.318. The van der Waals surface area contributed by atoms with E-state index in [9.17, 15) is 14.7 Å². The van der Waals surface area contributed by atoms with Gasteiger partial charge in [-0.1, -0.05) is 47.6 Å². The molecule has 2 N–H and O–H groups in total.